The lowest BCUT2D eigenvalue weighted by Gasteiger charge is -2.38. The van der Waals surface area contributed by atoms with Gasteiger partial charge in [0.2, 0.25) is 0 Å². The van der Waals surface area contributed by atoms with Crippen molar-refractivity contribution in [3.8, 4) is 23.7 Å². The smallest absolute Gasteiger partial charge is 0.142 e. The van der Waals surface area contributed by atoms with Gasteiger partial charge in [-0.2, -0.15) is 0 Å². The summed E-state index contributed by atoms with van der Waals surface area (Å²) in [5.74, 6) is 13.5. The first-order valence-electron chi connectivity index (χ1n) is 9.20. The minimum Gasteiger partial charge on any atom is -0.303 e. The molecule has 126 valence electrons. The van der Waals surface area contributed by atoms with Gasteiger partial charge in [0.1, 0.15) is 13.1 Å². The van der Waals surface area contributed by atoms with Crippen LogP contribution in [0.1, 0.15) is 36.0 Å². The first-order chi connectivity index (χ1) is 12.3. The van der Waals surface area contributed by atoms with E-state index in [9.17, 15) is 0 Å². The Morgan fingerprint density at radius 1 is 0.720 bits per heavy atom. The summed E-state index contributed by atoms with van der Waals surface area (Å²) in [6.45, 7) is 6.31. The zero-order valence-corrected chi connectivity index (χ0v) is 15.1. The molecule has 0 bridgehead atoms. The molecule has 25 heavy (non-hydrogen) atoms. The molecule has 0 unspecified atom stereocenters. The molecule has 0 N–H and O–H groups in total. The molecule has 1 heterocycles. The van der Waals surface area contributed by atoms with Crippen molar-refractivity contribution in [1.82, 2.24) is 0 Å². The molecule has 2 aromatic rings. The highest BCUT2D eigenvalue weighted by molar-refractivity contribution is 5.36. The number of hydrogen-bond acceptors (Lipinski definition) is 0. The number of nitrogens with zero attached hydrogens (tertiary/aromatic N) is 1. The third kappa shape index (κ3) is 5.25. The lowest BCUT2D eigenvalue weighted by Crippen LogP contribution is -2.52. The highest BCUT2D eigenvalue weighted by atomic mass is 15.3. The topological polar surface area (TPSA) is 0 Å². The van der Waals surface area contributed by atoms with E-state index >= 15 is 0 Å². The minimum atomic E-state index is 0.900. The molecule has 1 nitrogen and oxygen atoms in total. The van der Waals surface area contributed by atoms with Gasteiger partial charge in [-0.25, -0.2) is 0 Å². The molecule has 1 aliphatic rings. The predicted molar refractivity (Wildman–Crippen MR) is 105 cm³/mol. The largest absolute Gasteiger partial charge is 0.303 e. The quantitative estimate of drug-likeness (QED) is 0.566. The molecule has 0 saturated carbocycles. The van der Waals surface area contributed by atoms with Gasteiger partial charge >= 0.3 is 0 Å². The van der Waals surface area contributed by atoms with E-state index in [2.05, 4.69) is 67.0 Å². The lowest BCUT2D eigenvalue weighted by molar-refractivity contribution is -0.919. The van der Waals surface area contributed by atoms with Crippen LogP contribution in [0.4, 0.5) is 0 Å². The standard InChI is InChI=1S/C24H26N/c1-22-14-16-24(17-15-22)13-9-21-25(18-6-3-7-19-25)20-8-12-23-10-4-2-5-11-23/h2,4-5,10-11,14-17H,3,6-7,18-21H2,1H3/q+1. The van der Waals surface area contributed by atoms with Crippen LogP contribution in [0.25, 0.3) is 0 Å². The van der Waals surface area contributed by atoms with Crippen LogP contribution in [0, 0.1) is 30.6 Å². The maximum absolute atomic E-state index is 3.43. The summed E-state index contributed by atoms with van der Waals surface area (Å²) < 4.78 is 1.03. The summed E-state index contributed by atoms with van der Waals surface area (Å²) in [7, 11) is 0. The average molecular weight is 328 g/mol. The Kier molecular flexibility index (Phi) is 5.95. The molecule has 1 saturated heterocycles. The van der Waals surface area contributed by atoms with Crippen molar-refractivity contribution in [2.75, 3.05) is 26.2 Å². The number of rotatable bonds is 2. The monoisotopic (exact) mass is 328 g/mol. The summed E-state index contributed by atoms with van der Waals surface area (Å²) in [5, 5.41) is 0. The summed E-state index contributed by atoms with van der Waals surface area (Å²) in [6.07, 6.45) is 3.93. The fourth-order valence-electron chi connectivity index (χ4n) is 3.33. The molecule has 0 spiro atoms. The number of aryl methyl sites for hydroxylation is 1. The number of quaternary nitrogens is 1. The first kappa shape index (κ1) is 17.3. The second-order valence-electron chi connectivity index (χ2n) is 7.00. The van der Waals surface area contributed by atoms with Crippen molar-refractivity contribution < 1.29 is 4.48 Å². The van der Waals surface area contributed by atoms with Gasteiger partial charge in [0.15, 0.2) is 0 Å². The molecule has 0 aromatic heterocycles. The summed E-state index contributed by atoms with van der Waals surface area (Å²) in [6, 6.07) is 18.7. The lowest BCUT2D eigenvalue weighted by atomic mass is 10.1. The van der Waals surface area contributed by atoms with E-state index in [0.717, 1.165) is 28.7 Å². The molecule has 0 amide bonds. The molecule has 0 aliphatic carbocycles. The predicted octanol–water partition coefficient (Wildman–Crippen LogP) is 4.40. The average Bonchev–Trinajstić information content (AvgIpc) is 2.65. The molecule has 0 radical (unpaired) electrons. The third-order valence-electron chi connectivity index (χ3n) is 4.88. The number of likely N-dealkylation sites (tertiary alicyclic amines) is 1. The molecule has 1 heteroatoms. The van der Waals surface area contributed by atoms with E-state index in [1.165, 1.54) is 37.9 Å². The zero-order chi connectivity index (χ0) is 17.4. The summed E-state index contributed by atoms with van der Waals surface area (Å²) >= 11 is 0. The number of piperidine rings is 1. The maximum Gasteiger partial charge on any atom is 0.142 e. The Morgan fingerprint density at radius 2 is 1.28 bits per heavy atom. The van der Waals surface area contributed by atoms with Gasteiger partial charge in [-0.1, -0.05) is 47.7 Å². The van der Waals surface area contributed by atoms with Crippen LogP contribution >= 0.6 is 0 Å². The van der Waals surface area contributed by atoms with Gasteiger partial charge in [0.25, 0.3) is 0 Å². The molecule has 3 rings (SSSR count). The Hall–Kier alpha value is -2.48. The SMILES string of the molecule is Cc1ccc(C#CC[N+]2(CC#Cc3ccccc3)CCCCC2)cc1. The van der Waals surface area contributed by atoms with E-state index in [4.69, 9.17) is 0 Å². The van der Waals surface area contributed by atoms with Gasteiger partial charge in [-0.15, -0.1) is 0 Å². The molecular weight excluding hydrogens is 302 g/mol. The van der Waals surface area contributed by atoms with Gasteiger partial charge in [-0.05, 0) is 62.3 Å². The minimum absolute atomic E-state index is 0.900. The van der Waals surface area contributed by atoms with Crippen LogP contribution < -0.4 is 0 Å². The highest BCUT2D eigenvalue weighted by Gasteiger charge is 2.27. The van der Waals surface area contributed by atoms with Crippen molar-refractivity contribution in [2.24, 2.45) is 0 Å². The van der Waals surface area contributed by atoms with Crippen LogP contribution in [-0.4, -0.2) is 30.7 Å². The van der Waals surface area contributed by atoms with Crippen LogP contribution in [0.3, 0.4) is 0 Å². The molecule has 1 fully saturated rings. The van der Waals surface area contributed by atoms with Crippen molar-refractivity contribution in [2.45, 2.75) is 26.2 Å². The van der Waals surface area contributed by atoms with E-state index in [0.29, 0.717) is 0 Å². The highest BCUT2D eigenvalue weighted by Crippen LogP contribution is 2.18. The fourth-order valence-corrected chi connectivity index (χ4v) is 3.33. The van der Waals surface area contributed by atoms with Gasteiger partial charge in [0, 0.05) is 11.1 Å². The van der Waals surface area contributed by atoms with Crippen LogP contribution in [0.5, 0.6) is 0 Å². The van der Waals surface area contributed by atoms with Crippen molar-refractivity contribution in [3.05, 3.63) is 71.3 Å². The van der Waals surface area contributed by atoms with Crippen molar-refractivity contribution in [1.29, 1.82) is 0 Å². The Labute approximate surface area is 152 Å². The summed E-state index contributed by atoms with van der Waals surface area (Å²) in [5.41, 5.74) is 3.49. The zero-order valence-electron chi connectivity index (χ0n) is 15.1. The number of benzene rings is 2. The van der Waals surface area contributed by atoms with Crippen molar-refractivity contribution >= 4 is 0 Å². The third-order valence-corrected chi connectivity index (χ3v) is 4.88. The maximum atomic E-state index is 3.43. The molecule has 0 atom stereocenters. The first-order valence-corrected chi connectivity index (χ1v) is 9.20. The normalized spacial score (nSPS) is 15.4. The second kappa shape index (κ2) is 8.57. The Balaban J connectivity index is 1.69. The molecule has 2 aromatic carbocycles. The second-order valence-corrected chi connectivity index (χ2v) is 7.00. The Bertz CT molecular complexity index is 788. The Morgan fingerprint density at radius 3 is 1.88 bits per heavy atom. The van der Waals surface area contributed by atoms with E-state index in [-0.39, 0.29) is 0 Å². The van der Waals surface area contributed by atoms with E-state index in [1.54, 1.807) is 0 Å². The molecule has 1 aliphatic heterocycles. The van der Waals surface area contributed by atoms with Crippen LogP contribution in [0.15, 0.2) is 54.6 Å². The fraction of sp³-hybridized carbons (Fsp3) is 0.333. The van der Waals surface area contributed by atoms with Crippen LogP contribution in [-0.2, 0) is 0 Å². The van der Waals surface area contributed by atoms with E-state index < -0.39 is 0 Å². The van der Waals surface area contributed by atoms with Gasteiger partial charge in [0.05, 0.1) is 13.1 Å². The van der Waals surface area contributed by atoms with Gasteiger partial charge < -0.3 is 4.48 Å². The van der Waals surface area contributed by atoms with Crippen molar-refractivity contribution in [3.63, 3.8) is 0 Å². The molecular formula is C24H26N+. The number of hydrogen-bond donors (Lipinski definition) is 0. The summed E-state index contributed by atoms with van der Waals surface area (Å²) in [4.78, 5) is 0. The van der Waals surface area contributed by atoms with Crippen LogP contribution in [0.2, 0.25) is 0 Å². The van der Waals surface area contributed by atoms with E-state index in [1.807, 2.05) is 18.2 Å². The van der Waals surface area contributed by atoms with Gasteiger partial charge in [-0.3, -0.25) is 0 Å².